The van der Waals surface area contributed by atoms with Crippen LogP contribution in [0.25, 0.3) is 0 Å². The van der Waals surface area contributed by atoms with E-state index >= 15 is 0 Å². The first-order chi connectivity index (χ1) is 7.78. The van der Waals surface area contributed by atoms with Gasteiger partial charge in [-0.3, -0.25) is 0 Å². The highest BCUT2D eigenvalue weighted by molar-refractivity contribution is 4.67. The first-order valence-corrected chi connectivity index (χ1v) is 6.46. The smallest absolute Gasteiger partial charge is 0.0584 e. The molecular formula is C12H30N2O2. The van der Waals surface area contributed by atoms with Crippen molar-refractivity contribution in [2.75, 3.05) is 26.3 Å². The van der Waals surface area contributed by atoms with Crippen LogP contribution in [0.3, 0.4) is 0 Å². The van der Waals surface area contributed by atoms with Gasteiger partial charge in [0.1, 0.15) is 0 Å². The highest BCUT2D eigenvalue weighted by Gasteiger charge is 2.04. The molecule has 0 saturated heterocycles. The van der Waals surface area contributed by atoms with Gasteiger partial charge >= 0.3 is 0 Å². The average Bonchev–Trinajstić information content (AvgIpc) is 2.37. The molecule has 0 fully saturated rings. The van der Waals surface area contributed by atoms with E-state index in [0.29, 0.717) is 0 Å². The van der Waals surface area contributed by atoms with Crippen LogP contribution in [-0.2, 0) is 0 Å². The molecule has 2 atom stereocenters. The maximum absolute atomic E-state index is 8.90. The number of hydrogen-bond donors (Lipinski definition) is 4. The molecule has 2 unspecified atom stereocenters. The van der Waals surface area contributed by atoms with Crippen molar-refractivity contribution in [2.45, 2.75) is 52.6 Å². The van der Waals surface area contributed by atoms with Gasteiger partial charge in [0.2, 0.25) is 0 Å². The molecule has 0 heterocycles. The zero-order chi connectivity index (χ0) is 12.8. The lowest BCUT2D eigenvalue weighted by molar-refractivity contribution is 0.229. The second kappa shape index (κ2) is 14.8. The minimum absolute atomic E-state index is 0.188. The maximum Gasteiger partial charge on any atom is 0.0584 e. The summed E-state index contributed by atoms with van der Waals surface area (Å²) in [6.45, 7) is 10.1. The Morgan fingerprint density at radius 1 is 0.812 bits per heavy atom. The van der Waals surface area contributed by atoms with Crippen molar-refractivity contribution in [3.05, 3.63) is 0 Å². The molecule has 0 amide bonds. The van der Waals surface area contributed by atoms with Gasteiger partial charge in [-0.05, 0) is 12.8 Å². The van der Waals surface area contributed by atoms with Gasteiger partial charge in [0, 0.05) is 25.2 Å². The molecular weight excluding hydrogens is 204 g/mol. The van der Waals surface area contributed by atoms with Gasteiger partial charge in [-0.25, -0.2) is 0 Å². The Balaban J connectivity index is 0. The van der Waals surface area contributed by atoms with Crippen LogP contribution >= 0.6 is 0 Å². The van der Waals surface area contributed by atoms with Crippen molar-refractivity contribution in [1.29, 1.82) is 0 Å². The summed E-state index contributed by atoms with van der Waals surface area (Å²) in [7, 11) is 0. The van der Waals surface area contributed by atoms with E-state index in [9.17, 15) is 0 Å². The molecule has 0 aromatic carbocycles. The highest BCUT2D eigenvalue weighted by Crippen LogP contribution is 1.89. The van der Waals surface area contributed by atoms with E-state index in [1.54, 1.807) is 0 Å². The third-order valence-corrected chi connectivity index (χ3v) is 2.42. The molecule has 0 saturated carbocycles. The van der Waals surface area contributed by atoms with Crippen LogP contribution in [-0.4, -0.2) is 48.6 Å². The van der Waals surface area contributed by atoms with E-state index in [2.05, 4.69) is 10.6 Å². The standard InChI is InChI=1S/C10H24N2O2.C2H6/c1-3-9(7-13)11-5-6-12-10(4-2)8-14;1-2/h9-14H,3-8H2,1-2H3;1-2H3. The Bertz CT molecular complexity index is 102. The van der Waals surface area contributed by atoms with Gasteiger partial charge in [-0.2, -0.15) is 0 Å². The number of hydrogen-bond acceptors (Lipinski definition) is 4. The van der Waals surface area contributed by atoms with Crippen LogP contribution in [0.15, 0.2) is 0 Å². The molecule has 0 bridgehead atoms. The minimum atomic E-state index is 0.188. The van der Waals surface area contributed by atoms with Gasteiger partial charge in [-0.1, -0.05) is 27.7 Å². The van der Waals surface area contributed by atoms with Crippen LogP contribution in [0.2, 0.25) is 0 Å². The summed E-state index contributed by atoms with van der Waals surface area (Å²) in [5.74, 6) is 0. The molecule has 16 heavy (non-hydrogen) atoms. The molecule has 4 N–H and O–H groups in total. The number of aliphatic hydroxyl groups excluding tert-OH is 2. The third-order valence-electron chi connectivity index (χ3n) is 2.42. The lowest BCUT2D eigenvalue weighted by Gasteiger charge is -2.17. The molecule has 100 valence electrons. The maximum atomic E-state index is 8.90. The van der Waals surface area contributed by atoms with E-state index in [4.69, 9.17) is 10.2 Å². The molecule has 0 aliphatic rings. The molecule has 0 aromatic heterocycles. The van der Waals surface area contributed by atoms with Crippen molar-refractivity contribution in [3.63, 3.8) is 0 Å². The van der Waals surface area contributed by atoms with Gasteiger partial charge in [0.15, 0.2) is 0 Å². The van der Waals surface area contributed by atoms with Gasteiger partial charge in [-0.15, -0.1) is 0 Å². The monoisotopic (exact) mass is 234 g/mol. The van der Waals surface area contributed by atoms with Crippen molar-refractivity contribution in [1.82, 2.24) is 10.6 Å². The van der Waals surface area contributed by atoms with E-state index in [-0.39, 0.29) is 25.3 Å². The fraction of sp³-hybridized carbons (Fsp3) is 1.00. The average molecular weight is 234 g/mol. The molecule has 0 aliphatic carbocycles. The van der Waals surface area contributed by atoms with E-state index in [0.717, 1.165) is 25.9 Å². The Morgan fingerprint density at radius 3 is 1.31 bits per heavy atom. The van der Waals surface area contributed by atoms with Crippen molar-refractivity contribution >= 4 is 0 Å². The lowest BCUT2D eigenvalue weighted by Crippen LogP contribution is -2.40. The predicted molar refractivity (Wildman–Crippen MR) is 69.7 cm³/mol. The largest absolute Gasteiger partial charge is 0.395 e. The summed E-state index contributed by atoms with van der Waals surface area (Å²) in [5.41, 5.74) is 0. The van der Waals surface area contributed by atoms with Crippen molar-refractivity contribution < 1.29 is 10.2 Å². The highest BCUT2D eigenvalue weighted by atomic mass is 16.3. The van der Waals surface area contributed by atoms with Crippen molar-refractivity contribution in [3.8, 4) is 0 Å². The molecule has 0 aliphatic heterocycles. The zero-order valence-electron chi connectivity index (χ0n) is 11.3. The van der Waals surface area contributed by atoms with E-state index in [1.165, 1.54) is 0 Å². The molecule has 4 nitrogen and oxygen atoms in total. The quantitative estimate of drug-likeness (QED) is 0.444. The summed E-state index contributed by atoms with van der Waals surface area (Å²) in [6.07, 6.45) is 1.88. The van der Waals surface area contributed by atoms with E-state index < -0.39 is 0 Å². The second-order valence-corrected chi connectivity index (χ2v) is 3.48. The van der Waals surface area contributed by atoms with Crippen LogP contribution in [0, 0.1) is 0 Å². The second-order valence-electron chi connectivity index (χ2n) is 3.48. The summed E-state index contributed by atoms with van der Waals surface area (Å²) in [5, 5.41) is 24.3. The Morgan fingerprint density at radius 2 is 1.12 bits per heavy atom. The summed E-state index contributed by atoms with van der Waals surface area (Å²) >= 11 is 0. The summed E-state index contributed by atoms with van der Waals surface area (Å²) < 4.78 is 0. The number of rotatable bonds is 9. The summed E-state index contributed by atoms with van der Waals surface area (Å²) in [4.78, 5) is 0. The number of aliphatic hydroxyl groups is 2. The van der Waals surface area contributed by atoms with Crippen LogP contribution in [0.1, 0.15) is 40.5 Å². The van der Waals surface area contributed by atoms with Gasteiger partial charge in [0.05, 0.1) is 13.2 Å². The first kappa shape index (κ1) is 18.2. The van der Waals surface area contributed by atoms with Crippen LogP contribution in [0.4, 0.5) is 0 Å². The minimum Gasteiger partial charge on any atom is -0.395 e. The zero-order valence-corrected chi connectivity index (χ0v) is 11.3. The molecule has 0 spiro atoms. The van der Waals surface area contributed by atoms with Crippen molar-refractivity contribution in [2.24, 2.45) is 0 Å². The molecule has 0 rings (SSSR count). The topological polar surface area (TPSA) is 64.5 Å². The van der Waals surface area contributed by atoms with Gasteiger partial charge in [0.25, 0.3) is 0 Å². The van der Waals surface area contributed by atoms with Crippen LogP contribution in [0.5, 0.6) is 0 Å². The fourth-order valence-corrected chi connectivity index (χ4v) is 1.23. The summed E-state index contributed by atoms with van der Waals surface area (Å²) in [6, 6.07) is 0.400. The SMILES string of the molecule is CC.CCC(CO)NCCNC(CC)CO. The van der Waals surface area contributed by atoms with Gasteiger partial charge < -0.3 is 20.8 Å². The van der Waals surface area contributed by atoms with Crippen LogP contribution < -0.4 is 10.6 Å². The number of nitrogens with one attached hydrogen (secondary N) is 2. The molecule has 0 aromatic rings. The third kappa shape index (κ3) is 10.4. The predicted octanol–water partition coefficient (Wildman–Crippen LogP) is 0.734. The molecule has 0 radical (unpaired) electrons. The normalized spacial score (nSPS) is 13.9. The van der Waals surface area contributed by atoms with E-state index in [1.807, 2.05) is 27.7 Å². The fourth-order valence-electron chi connectivity index (χ4n) is 1.23. The Hall–Kier alpha value is -0.160. The Labute approximate surface area is 100 Å². The Kier molecular flexibility index (Phi) is 16.9. The first-order valence-electron chi connectivity index (χ1n) is 6.46. The lowest BCUT2D eigenvalue weighted by atomic mass is 10.2. The molecule has 4 heteroatoms.